The van der Waals surface area contributed by atoms with Crippen molar-refractivity contribution < 1.29 is 14.6 Å². The molecule has 3 rings (SSSR count). The number of hydrogen-bond acceptors (Lipinski definition) is 3. The highest BCUT2D eigenvalue weighted by Gasteiger charge is 2.60. The van der Waals surface area contributed by atoms with E-state index in [0.717, 1.165) is 51.7 Å². The van der Waals surface area contributed by atoms with Gasteiger partial charge in [0.25, 0.3) is 0 Å². The van der Waals surface area contributed by atoms with E-state index in [-0.39, 0.29) is 17.3 Å². The minimum absolute atomic E-state index is 0.0272. The molecule has 0 aromatic heterocycles. The average Bonchev–Trinajstić information content (AvgIpc) is 2.72. The van der Waals surface area contributed by atoms with Crippen molar-refractivity contribution in [3.8, 4) is 0 Å². The molecule has 16 heavy (non-hydrogen) atoms. The van der Waals surface area contributed by atoms with Crippen molar-refractivity contribution in [2.24, 2.45) is 11.3 Å². The number of rotatable bonds is 0. The molecular weight excluding hydrogens is 204 g/mol. The smallest absolute Gasteiger partial charge is 0.174 e. The van der Waals surface area contributed by atoms with E-state index in [4.69, 9.17) is 9.47 Å². The maximum absolute atomic E-state index is 10.2. The lowest BCUT2D eigenvalue weighted by Gasteiger charge is -2.56. The summed E-state index contributed by atoms with van der Waals surface area (Å²) in [6, 6.07) is 0. The van der Waals surface area contributed by atoms with Crippen LogP contribution in [-0.4, -0.2) is 30.2 Å². The highest BCUT2D eigenvalue weighted by Crippen LogP contribution is 2.58. The Kier molecular flexibility index (Phi) is 2.54. The van der Waals surface area contributed by atoms with Crippen LogP contribution in [0.25, 0.3) is 0 Å². The van der Waals surface area contributed by atoms with E-state index in [1.165, 1.54) is 0 Å². The molecule has 0 aromatic rings. The van der Waals surface area contributed by atoms with Gasteiger partial charge in [-0.3, -0.25) is 0 Å². The van der Waals surface area contributed by atoms with E-state index in [2.05, 4.69) is 6.92 Å². The molecule has 3 fully saturated rings. The molecule has 1 saturated heterocycles. The van der Waals surface area contributed by atoms with Gasteiger partial charge in [0.1, 0.15) is 0 Å². The van der Waals surface area contributed by atoms with Crippen molar-refractivity contribution in [3.63, 3.8) is 0 Å². The quantitative estimate of drug-likeness (QED) is 0.687. The Labute approximate surface area is 97.1 Å². The number of hydrogen-bond donors (Lipinski definition) is 1. The Morgan fingerprint density at radius 3 is 2.50 bits per heavy atom. The highest BCUT2D eigenvalue weighted by atomic mass is 16.7. The first-order valence-electron chi connectivity index (χ1n) is 6.64. The van der Waals surface area contributed by atoms with Crippen molar-refractivity contribution in [1.82, 2.24) is 0 Å². The van der Waals surface area contributed by atoms with Crippen LogP contribution in [0.3, 0.4) is 0 Å². The van der Waals surface area contributed by atoms with Gasteiger partial charge in [-0.2, -0.15) is 0 Å². The van der Waals surface area contributed by atoms with Crippen LogP contribution in [0.15, 0.2) is 0 Å². The topological polar surface area (TPSA) is 38.7 Å². The molecule has 2 saturated carbocycles. The molecule has 2 aliphatic carbocycles. The summed E-state index contributed by atoms with van der Waals surface area (Å²) in [6.45, 7) is 3.71. The normalized spacial score (nSPS) is 46.9. The Morgan fingerprint density at radius 1 is 1.06 bits per heavy atom. The molecule has 3 heteroatoms. The van der Waals surface area contributed by atoms with Crippen molar-refractivity contribution in [2.75, 3.05) is 13.2 Å². The van der Waals surface area contributed by atoms with Crippen LogP contribution in [0, 0.1) is 11.3 Å². The van der Waals surface area contributed by atoms with Crippen LogP contribution >= 0.6 is 0 Å². The Hall–Kier alpha value is -0.120. The fourth-order valence-electron chi connectivity index (χ4n) is 4.24. The summed E-state index contributed by atoms with van der Waals surface area (Å²) >= 11 is 0. The number of ether oxygens (including phenoxy) is 2. The third kappa shape index (κ3) is 1.31. The number of fused-ring (bicyclic) bond motifs is 2. The van der Waals surface area contributed by atoms with Crippen LogP contribution < -0.4 is 0 Å². The van der Waals surface area contributed by atoms with Gasteiger partial charge >= 0.3 is 0 Å². The zero-order valence-corrected chi connectivity index (χ0v) is 10.1. The molecule has 0 aromatic carbocycles. The van der Waals surface area contributed by atoms with Crippen molar-refractivity contribution in [1.29, 1.82) is 0 Å². The van der Waals surface area contributed by atoms with Gasteiger partial charge in [-0.05, 0) is 31.6 Å². The van der Waals surface area contributed by atoms with E-state index >= 15 is 0 Å². The summed E-state index contributed by atoms with van der Waals surface area (Å²) in [5.74, 6) is -0.00905. The van der Waals surface area contributed by atoms with E-state index in [1.54, 1.807) is 0 Å². The number of aliphatic hydroxyl groups excluding tert-OH is 1. The van der Waals surface area contributed by atoms with E-state index in [1.807, 2.05) is 0 Å². The molecule has 1 spiro atoms. The molecule has 1 N–H and O–H groups in total. The predicted octanol–water partition coefficient (Wildman–Crippen LogP) is 2.08. The maximum Gasteiger partial charge on any atom is 0.174 e. The summed E-state index contributed by atoms with van der Waals surface area (Å²) in [7, 11) is 0. The molecule has 0 bridgehead atoms. The fraction of sp³-hybridized carbons (Fsp3) is 1.00. The molecular formula is C13H22O3. The fourth-order valence-corrected chi connectivity index (χ4v) is 4.24. The van der Waals surface area contributed by atoms with Gasteiger partial charge in [-0.15, -0.1) is 0 Å². The first-order valence-corrected chi connectivity index (χ1v) is 6.64. The minimum atomic E-state index is -0.378. The summed E-state index contributed by atoms with van der Waals surface area (Å²) in [4.78, 5) is 0. The van der Waals surface area contributed by atoms with Crippen LogP contribution in [0.2, 0.25) is 0 Å². The maximum atomic E-state index is 10.2. The molecule has 0 unspecified atom stereocenters. The van der Waals surface area contributed by atoms with Gasteiger partial charge < -0.3 is 14.6 Å². The van der Waals surface area contributed by atoms with Gasteiger partial charge in [0.2, 0.25) is 0 Å². The average molecular weight is 226 g/mol. The summed E-state index contributed by atoms with van der Waals surface area (Å²) in [5.41, 5.74) is 0.0272. The zero-order valence-electron chi connectivity index (χ0n) is 10.1. The summed E-state index contributed by atoms with van der Waals surface area (Å²) < 4.78 is 11.9. The monoisotopic (exact) mass is 226 g/mol. The van der Waals surface area contributed by atoms with E-state index in [9.17, 15) is 5.11 Å². The molecule has 92 valence electrons. The van der Waals surface area contributed by atoms with Gasteiger partial charge in [-0.25, -0.2) is 0 Å². The Morgan fingerprint density at radius 2 is 1.75 bits per heavy atom. The van der Waals surface area contributed by atoms with E-state index < -0.39 is 0 Å². The van der Waals surface area contributed by atoms with Crippen LogP contribution in [0.4, 0.5) is 0 Å². The molecule has 1 heterocycles. The molecule has 1 aliphatic heterocycles. The van der Waals surface area contributed by atoms with Crippen LogP contribution in [-0.2, 0) is 9.47 Å². The van der Waals surface area contributed by atoms with Crippen molar-refractivity contribution in [2.45, 2.75) is 57.3 Å². The SMILES string of the molecule is C[C@]12CCC[C@H](O)[C@H]1CCCC21OCCO1. The van der Waals surface area contributed by atoms with Crippen LogP contribution in [0.5, 0.6) is 0 Å². The van der Waals surface area contributed by atoms with Gasteiger partial charge in [0.05, 0.1) is 19.3 Å². The van der Waals surface area contributed by atoms with Gasteiger partial charge in [0, 0.05) is 11.8 Å². The second-order valence-corrected chi connectivity index (χ2v) is 5.83. The first-order chi connectivity index (χ1) is 7.68. The van der Waals surface area contributed by atoms with Crippen LogP contribution in [0.1, 0.15) is 45.4 Å². The lowest BCUT2D eigenvalue weighted by molar-refractivity contribution is -0.287. The Balaban J connectivity index is 1.95. The highest BCUT2D eigenvalue weighted by molar-refractivity contribution is 5.04. The number of aliphatic hydroxyl groups is 1. The second kappa shape index (κ2) is 3.69. The summed E-state index contributed by atoms with van der Waals surface area (Å²) in [6.07, 6.45) is 6.30. The molecule has 0 radical (unpaired) electrons. The third-order valence-corrected chi connectivity index (χ3v) is 5.12. The molecule has 0 amide bonds. The minimum Gasteiger partial charge on any atom is -0.393 e. The lowest BCUT2D eigenvalue weighted by atomic mass is 9.56. The van der Waals surface area contributed by atoms with Crippen molar-refractivity contribution >= 4 is 0 Å². The standard InChI is InChI=1S/C13H22O3/c1-12-6-3-5-11(14)10(12)4-2-7-13(12)15-8-9-16-13/h10-11,14H,2-9H2,1H3/t10-,11+,12+/m1/s1. The predicted molar refractivity (Wildman–Crippen MR) is 59.9 cm³/mol. The summed E-state index contributed by atoms with van der Waals surface area (Å²) in [5, 5.41) is 10.2. The molecule has 3 nitrogen and oxygen atoms in total. The van der Waals surface area contributed by atoms with Gasteiger partial charge in [-0.1, -0.05) is 13.3 Å². The largest absolute Gasteiger partial charge is 0.393 e. The zero-order chi connectivity index (χ0) is 11.2. The van der Waals surface area contributed by atoms with E-state index in [0.29, 0.717) is 5.92 Å². The Bertz CT molecular complexity index is 272. The first kappa shape index (κ1) is 11.0. The van der Waals surface area contributed by atoms with Crippen molar-refractivity contribution in [3.05, 3.63) is 0 Å². The second-order valence-electron chi connectivity index (χ2n) is 5.83. The lowest BCUT2D eigenvalue weighted by Crippen LogP contribution is -2.58. The molecule has 3 aliphatic rings. The van der Waals surface area contributed by atoms with Gasteiger partial charge in [0.15, 0.2) is 5.79 Å². The molecule has 3 atom stereocenters. The third-order valence-electron chi connectivity index (χ3n) is 5.12.